The third-order valence-electron chi connectivity index (χ3n) is 9.39. The van der Waals surface area contributed by atoms with E-state index in [-0.39, 0.29) is 11.3 Å². The number of methoxy groups -OCH3 is 1. The first kappa shape index (κ1) is 26.7. The van der Waals surface area contributed by atoms with Crippen LogP contribution in [0.3, 0.4) is 0 Å². The highest BCUT2D eigenvalue weighted by molar-refractivity contribution is 6.01. The third kappa shape index (κ3) is 4.46. The monoisotopic (exact) mass is 565 g/mol. The Bertz CT molecular complexity index is 1680. The van der Waals surface area contributed by atoms with Crippen LogP contribution >= 0.6 is 0 Å². The summed E-state index contributed by atoms with van der Waals surface area (Å²) < 4.78 is 11.2. The van der Waals surface area contributed by atoms with Gasteiger partial charge >= 0.3 is 5.97 Å². The molecule has 42 heavy (non-hydrogen) atoms. The molecule has 2 N–H and O–H groups in total. The van der Waals surface area contributed by atoms with Crippen LogP contribution in [0.1, 0.15) is 59.0 Å². The molecule has 0 saturated carbocycles. The topological polar surface area (TPSA) is 95.1 Å². The Hall–Kier alpha value is -4.14. The highest BCUT2D eigenvalue weighted by Gasteiger charge is 2.42. The maximum Gasteiger partial charge on any atom is 0.338 e. The summed E-state index contributed by atoms with van der Waals surface area (Å²) in [5, 5.41) is 12.3. The minimum atomic E-state index is -0.844. The molecule has 1 aromatic heterocycles. The molecule has 4 heterocycles. The number of aliphatic hydroxyl groups is 1. The number of benzene rings is 3. The number of hydrogen-bond donors (Lipinski definition) is 2. The Morgan fingerprint density at radius 3 is 2.55 bits per heavy atom. The van der Waals surface area contributed by atoms with Gasteiger partial charge in [-0.05, 0) is 86.4 Å². The molecule has 2 fully saturated rings. The largest absolute Gasteiger partial charge is 0.492 e. The fraction of sp³-hybridized carbons (Fsp3) is 0.353. The van der Waals surface area contributed by atoms with Crippen molar-refractivity contribution in [2.45, 2.75) is 37.2 Å². The van der Waals surface area contributed by atoms with Crippen molar-refractivity contribution >= 4 is 28.5 Å². The summed E-state index contributed by atoms with van der Waals surface area (Å²) >= 11 is 0. The summed E-state index contributed by atoms with van der Waals surface area (Å²) in [6, 6.07) is 19.3. The van der Waals surface area contributed by atoms with Crippen LogP contribution in [0.4, 0.5) is 5.69 Å². The summed E-state index contributed by atoms with van der Waals surface area (Å²) in [7, 11) is 3.53. The number of nitrogens with zero attached hydrogens (tertiary/aromatic N) is 2. The smallest absolute Gasteiger partial charge is 0.338 e. The molecule has 1 unspecified atom stereocenters. The number of piperidine rings is 1. The SMILES string of the molecule is COC(=O)c1cc(N2CCCC2=O)ccc1-c1ccc(C(O)c2cc3cc4c(cc3[nH]2)C2(CCN(C)CC2)CO4)cc1. The number of aliphatic hydroxyl groups excluding tert-OH is 1. The number of carbonyl (C=O) groups excluding carboxylic acids is 2. The summed E-state index contributed by atoms with van der Waals surface area (Å²) in [5.41, 5.74) is 6.43. The van der Waals surface area contributed by atoms with E-state index in [1.165, 1.54) is 12.7 Å². The van der Waals surface area contributed by atoms with E-state index in [1.54, 1.807) is 11.0 Å². The molecule has 1 amide bonds. The predicted molar refractivity (Wildman–Crippen MR) is 161 cm³/mol. The maximum atomic E-state index is 12.7. The van der Waals surface area contributed by atoms with Gasteiger partial charge < -0.3 is 29.4 Å². The van der Waals surface area contributed by atoms with Crippen molar-refractivity contribution in [1.29, 1.82) is 0 Å². The number of rotatable bonds is 5. The molecule has 3 aliphatic rings. The van der Waals surface area contributed by atoms with Gasteiger partial charge in [0.15, 0.2) is 0 Å². The summed E-state index contributed by atoms with van der Waals surface area (Å²) in [5.74, 6) is 0.559. The number of fused-ring (bicyclic) bond motifs is 3. The first-order valence-electron chi connectivity index (χ1n) is 14.6. The molecule has 0 radical (unpaired) electrons. The van der Waals surface area contributed by atoms with E-state index in [2.05, 4.69) is 29.1 Å². The van der Waals surface area contributed by atoms with Crippen LogP contribution in [-0.2, 0) is 14.9 Å². The van der Waals surface area contributed by atoms with Crippen LogP contribution in [0.2, 0.25) is 0 Å². The van der Waals surface area contributed by atoms with E-state index < -0.39 is 12.1 Å². The zero-order chi connectivity index (χ0) is 29.0. The number of hydrogen-bond acceptors (Lipinski definition) is 6. The van der Waals surface area contributed by atoms with Crippen LogP contribution < -0.4 is 9.64 Å². The van der Waals surface area contributed by atoms with Gasteiger partial charge in [-0.3, -0.25) is 4.79 Å². The van der Waals surface area contributed by atoms with Gasteiger partial charge in [0, 0.05) is 46.2 Å². The van der Waals surface area contributed by atoms with Crippen molar-refractivity contribution in [3.05, 3.63) is 83.0 Å². The Labute approximate surface area is 244 Å². The standard InChI is InChI=1S/C34H35N3O5/c1-36-14-11-34(12-15-36)20-42-30-17-23-16-29(35-28(23)19-27(30)34)32(39)22-7-5-21(6-8-22)25-10-9-24(18-26(25)33(40)41-2)37-13-3-4-31(37)38/h5-10,16-19,32,35,39H,3-4,11-15,20H2,1-2H3. The number of amides is 1. The second-order valence-corrected chi connectivity index (χ2v) is 11.9. The number of nitrogens with one attached hydrogen (secondary N) is 1. The zero-order valence-electron chi connectivity index (χ0n) is 24.0. The normalized spacial score (nSPS) is 18.8. The number of aromatic amines is 1. The van der Waals surface area contributed by atoms with Crippen LogP contribution in [-0.4, -0.2) is 67.3 Å². The molecule has 0 aliphatic carbocycles. The van der Waals surface area contributed by atoms with Gasteiger partial charge in [0.2, 0.25) is 5.91 Å². The molecule has 8 heteroatoms. The minimum absolute atomic E-state index is 0.0624. The van der Waals surface area contributed by atoms with E-state index in [0.29, 0.717) is 35.5 Å². The van der Waals surface area contributed by atoms with Gasteiger partial charge in [0.25, 0.3) is 0 Å². The Morgan fingerprint density at radius 1 is 1.05 bits per heavy atom. The van der Waals surface area contributed by atoms with Crippen LogP contribution in [0.5, 0.6) is 5.75 Å². The second kappa shape index (κ2) is 10.3. The lowest BCUT2D eigenvalue weighted by Crippen LogP contribution is -2.41. The fourth-order valence-electron chi connectivity index (χ4n) is 6.79. The first-order chi connectivity index (χ1) is 20.3. The Balaban J connectivity index is 1.16. The van der Waals surface area contributed by atoms with Gasteiger partial charge in [-0.25, -0.2) is 4.79 Å². The molecule has 1 atom stereocenters. The lowest BCUT2D eigenvalue weighted by molar-refractivity contribution is -0.117. The summed E-state index contributed by atoms with van der Waals surface area (Å²) in [6.45, 7) is 3.51. The maximum absolute atomic E-state index is 12.7. The summed E-state index contributed by atoms with van der Waals surface area (Å²) in [6.07, 6.45) is 2.65. The molecular weight excluding hydrogens is 530 g/mol. The Morgan fingerprint density at radius 2 is 1.83 bits per heavy atom. The molecule has 216 valence electrons. The zero-order valence-corrected chi connectivity index (χ0v) is 24.0. The number of ether oxygens (including phenoxy) is 2. The van der Waals surface area contributed by atoms with Crippen molar-refractivity contribution < 1.29 is 24.2 Å². The minimum Gasteiger partial charge on any atom is -0.492 e. The molecule has 7 rings (SSSR count). The molecular formula is C34H35N3O5. The van der Waals surface area contributed by atoms with Crippen molar-refractivity contribution in [3.63, 3.8) is 0 Å². The Kier molecular flexibility index (Phi) is 6.55. The highest BCUT2D eigenvalue weighted by atomic mass is 16.5. The van der Waals surface area contributed by atoms with Crippen LogP contribution in [0.25, 0.3) is 22.0 Å². The third-order valence-corrected chi connectivity index (χ3v) is 9.39. The van der Waals surface area contributed by atoms with Crippen molar-refractivity contribution in [2.75, 3.05) is 45.3 Å². The van der Waals surface area contributed by atoms with Crippen molar-refractivity contribution in [3.8, 4) is 16.9 Å². The molecule has 0 bridgehead atoms. The molecule has 8 nitrogen and oxygen atoms in total. The number of likely N-dealkylation sites (tertiary alicyclic amines) is 1. The first-order valence-corrected chi connectivity index (χ1v) is 14.6. The van der Waals surface area contributed by atoms with E-state index >= 15 is 0 Å². The van der Waals surface area contributed by atoms with E-state index in [1.807, 2.05) is 42.5 Å². The molecule has 3 aliphatic heterocycles. The van der Waals surface area contributed by atoms with Crippen LogP contribution in [0, 0.1) is 0 Å². The van der Waals surface area contributed by atoms with E-state index in [0.717, 1.165) is 66.7 Å². The second-order valence-electron chi connectivity index (χ2n) is 11.9. The molecule has 1 spiro atoms. The predicted octanol–water partition coefficient (Wildman–Crippen LogP) is 5.19. The number of esters is 1. The average Bonchev–Trinajstić information content (AvgIpc) is 3.73. The van der Waals surface area contributed by atoms with E-state index in [4.69, 9.17) is 9.47 Å². The molecule has 4 aromatic rings. The van der Waals surface area contributed by atoms with Crippen LogP contribution in [0.15, 0.2) is 60.7 Å². The lowest BCUT2D eigenvalue weighted by Gasteiger charge is -2.36. The molecule has 3 aromatic carbocycles. The number of carbonyl (C=O) groups is 2. The van der Waals surface area contributed by atoms with E-state index in [9.17, 15) is 14.7 Å². The summed E-state index contributed by atoms with van der Waals surface area (Å²) in [4.78, 5) is 32.5. The van der Waals surface area contributed by atoms with Gasteiger partial charge in [0.05, 0.1) is 19.3 Å². The lowest BCUT2D eigenvalue weighted by atomic mass is 9.74. The van der Waals surface area contributed by atoms with Crippen molar-refractivity contribution in [1.82, 2.24) is 9.88 Å². The van der Waals surface area contributed by atoms with Crippen molar-refractivity contribution in [2.24, 2.45) is 0 Å². The van der Waals surface area contributed by atoms with Gasteiger partial charge in [-0.1, -0.05) is 30.3 Å². The number of anilines is 1. The van der Waals surface area contributed by atoms with Gasteiger partial charge in [0.1, 0.15) is 11.9 Å². The van der Waals surface area contributed by atoms with Gasteiger partial charge in [-0.15, -0.1) is 0 Å². The molecule has 2 saturated heterocycles. The number of aromatic nitrogens is 1. The fourth-order valence-corrected chi connectivity index (χ4v) is 6.79. The van der Waals surface area contributed by atoms with Gasteiger partial charge in [-0.2, -0.15) is 0 Å². The average molecular weight is 566 g/mol. The quantitative estimate of drug-likeness (QED) is 0.324. The number of H-pyrrole nitrogens is 1. The highest BCUT2D eigenvalue weighted by Crippen LogP contribution is 2.47.